The molecule has 0 radical (unpaired) electrons. The quantitative estimate of drug-likeness (QED) is 0.893. The minimum absolute atomic E-state index is 0.751. The summed E-state index contributed by atoms with van der Waals surface area (Å²) in [6.07, 6.45) is 3.55. The van der Waals surface area contributed by atoms with Crippen LogP contribution in [-0.2, 0) is 6.42 Å². The molecule has 1 aliphatic rings. The Morgan fingerprint density at radius 1 is 1.35 bits per heavy atom. The third-order valence-corrected chi connectivity index (χ3v) is 3.88. The van der Waals surface area contributed by atoms with Crippen molar-refractivity contribution in [3.8, 4) is 5.75 Å². The number of piperidine rings is 1. The number of hydrogen-bond donors (Lipinski definition) is 1. The van der Waals surface area contributed by atoms with E-state index in [0.29, 0.717) is 0 Å². The fourth-order valence-corrected chi connectivity index (χ4v) is 2.76. The minimum Gasteiger partial charge on any atom is -0.496 e. The first-order chi connectivity index (χ1) is 8.20. The molecule has 94 valence electrons. The van der Waals surface area contributed by atoms with Gasteiger partial charge in [0.1, 0.15) is 5.75 Å². The Balaban J connectivity index is 2.13. The van der Waals surface area contributed by atoms with Gasteiger partial charge in [0.2, 0.25) is 0 Å². The molecule has 1 saturated heterocycles. The summed E-state index contributed by atoms with van der Waals surface area (Å²) in [6, 6.07) is 4.11. The molecule has 0 aliphatic carbocycles. The number of ether oxygens (including phenoxy) is 1. The Morgan fingerprint density at radius 3 is 2.71 bits per heavy atom. The second-order valence-electron chi connectivity index (χ2n) is 4.81. The molecule has 2 rings (SSSR count). The maximum absolute atomic E-state index is 6.31. The Morgan fingerprint density at radius 2 is 2.06 bits per heavy atom. The van der Waals surface area contributed by atoms with Gasteiger partial charge in [0.05, 0.1) is 7.11 Å². The summed E-state index contributed by atoms with van der Waals surface area (Å²) < 4.78 is 5.36. The van der Waals surface area contributed by atoms with Crippen molar-refractivity contribution >= 4 is 11.6 Å². The summed E-state index contributed by atoms with van der Waals surface area (Å²) in [7, 11) is 1.71. The molecule has 0 bridgehead atoms. The molecular weight excluding hydrogens is 234 g/mol. The zero-order chi connectivity index (χ0) is 12.3. The maximum Gasteiger partial charge on any atom is 0.122 e. The predicted molar refractivity (Wildman–Crippen MR) is 72.0 cm³/mol. The molecule has 2 nitrogen and oxygen atoms in total. The van der Waals surface area contributed by atoms with Gasteiger partial charge < -0.3 is 10.1 Å². The minimum atomic E-state index is 0.751. The van der Waals surface area contributed by atoms with Crippen LogP contribution < -0.4 is 10.1 Å². The van der Waals surface area contributed by atoms with Crippen LogP contribution in [0.5, 0.6) is 5.75 Å². The molecule has 0 aromatic heterocycles. The summed E-state index contributed by atoms with van der Waals surface area (Å²) in [5.41, 5.74) is 2.33. The van der Waals surface area contributed by atoms with Crippen LogP contribution in [0.25, 0.3) is 0 Å². The lowest BCUT2D eigenvalue weighted by Gasteiger charge is -2.23. The van der Waals surface area contributed by atoms with E-state index in [-0.39, 0.29) is 0 Å². The normalized spacial score (nSPS) is 17.1. The van der Waals surface area contributed by atoms with Crippen LogP contribution in [0.2, 0.25) is 5.02 Å². The van der Waals surface area contributed by atoms with Crippen LogP contribution in [0, 0.1) is 12.8 Å². The fraction of sp³-hybridized carbons (Fsp3) is 0.571. The first-order valence-corrected chi connectivity index (χ1v) is 6.62. The van der Waals surface area contributed by atoms with Gasteiger partial charge in [-0.3, -0.25) is 0 Å². The SMILES string of the molecule is COc1cc(CC2CCNCC2)c(Cl)cc1C. The molecule has 1 aromatic rings. The van der Waals surface area contributed by atoms with E-state index in [0.717, 1.165) is 41.8 Å². The molecule has 0 atom stereocenters. The zero-order valence-corrected chi connectivity index (χ0v) is 11.3. The summed E-state index contributed by atoms with van der Waals surface area (Å²) >= 11 is 6.31. The van der Waals surface area contributed by atoms with Gasteiger partial charge in [-0.15, -0.1) is 0 Å². The molecule has 1 aromatic carbocycles. The van der Waals surface area contributed by atoms with Crippen molar-refractivity contribution in [2.24, 2.45) is 5.92 Å². The number of rotatable bonds is 3. The number of benzene rings is 1. The first-order valence-electron chi connectivity index (χ1n) is 6.24. The van der Waals surface area contributed by atoms with Gasteiger partial charge in [0, 0.05) is 5.02 Å². The highest BCUT2D eigenvalue weighted by Crippen LogP contribution is 2.29. The van der Waals surface area contributed by atoms with Gasteiger partial charge >= 0.3 is 0 Å². The highest BCUT2D eigenvalue weighted by atomic mass is 35.5. The van der Waals surface area contributed by atoms with Crippen LogP contribution >= 0.6 is 11.6 Å². The summed E-state index contributed by atoms with van der Waals surface area (Å²) in [4.78, 5) is 0. The molecule has 3 heteroatoms. The largest absolute Gasteiger partial charge is 0.496 e. The Kier molecular flexibility index (Phi) is 4.30. The lowest BCUT2D eigenvalue weighted by Crippen LogP contribution is -2.28. The molecule has 1 heterocycles. The van der Waals surface area contributed by atoms with Crippen molar-refractivity contribution in [2.75, 3.05) is 20.2 Å². The predicted octanol–water partition coefficient (Wildman–Crippen LogP) is 3.20. The van der Waals surface area contributed by atoms with Crippen LogP contribution in [0.3, 0.4) is 0 Å². The van der Waals surface area contributed by atoms with E-state index in [1.54, 1.807) is 7.11 Å². The summed E-state index contributed by atoms with van der Waals surface area (Å²) in [5.74, 6) is 1.69. The number of aryl methyl sites for hydroxylation is 1. The van der Waals surface area contributed by atoms with Crippen molar-refractivity contribution in [3.63, 3.8) is 0 Å². The molecule has 0 saturated carbocycles. The van der Waals surface area contributed by atoms with E-state index in [2.05, 4.69) is 11.4 Å². The van der Waals surface area contributed by atoms with E-state index in [1.807, 2.05) is 13.0 Å². The van der Waals surface area contributed by atoms with E-state index in [9.17, 15) is 0 Å². The van der Waals surface area contributed by atoms with Crippen molar-refractivity contribution in [2.45, 2.75) is 26.2 Å². The molecule has 0 amide bonds. The molecular formula is C14H20ClNO. The second kappa shape index (κ2) is 5.74. The lowest BCUT2D eigenvalue weighted by atomic mass is 9.90. The lowest BCUT2D eigenvalue weighted by molar-refractivity contribution is 0.371. The van der Waals surface area contributed by atoms with Crippen LogP contribution in [0.1, 0.15) is 24.0 Å². The third-order valence-electron chi connectivity index (χ3n) is 3.53. The molecule has 0 unspecified atom stereocenters. The Labute approximate surface area is 108 Å². The third kappa shape index (κ3) is 3.14. The van der Waals surface area contributed by atoms with Crippen molar-refractivity contribution in [1.82, 2.24) is 5.32 Å². The van der Waals surface area contributed by atoms with Crippen molar-refractivity contribution in [1.29, 1.82) is 0 Å². The smallest absolute Gasteiger partial charge is 0.122 e. The maximum atomic E-state index is 6.31. The van der Waals surface area contributed by atoms with E-state index in [4.69, 9.17) is 16.3 Å². The average Bonchev–Trinajstić information content (AvgIpc) is 2.34. The Bertz CT molecular complexity index is 386. The number of hydrogen-bond acceptors (Lipinski definition) is 2. The standard InChI is InChI=1S/C14H20ClNO/c1-10-7-13(15)12(9-14(10)17-2)8-11-3-5-16-6-4-11/h7,9,11,16H,3-6,8H2,1-2H3. The fourth-order valence-electron chi connectivity index (χ4n) is 2.47. The first kappa shape index (κ1) is 12.7. The number of nitrogens with one attached hydrogen (secondary N) is 1. The number of halogens is 1. The van der Waals surface area contributed by atoms with E-state index in [1.165, 1.54) is 18.4 Å². The van der Waals surface area contributed by atoms with Gasteiger partial charge in [-0.25, -0.2) is 0 Å². The highest BCUT2D eigenvalue weighted by Gasteiger charge is 2.16. The van der Waals surface area contributed by atoms with Gasteiger partial charge in [-0.05, 0) is 68.5 Å². The van der Waals surface area contributed by atoms with Gasteiger partial charge in [-0.1, -0.05) is 11.6 Å². The van der Waals surface area contributed by atoms with Crippen molar-refractivity contribution < 1.29 is 4.74 Å². The molecule has 1 fully saturated rings. The zero-order valence-electron chi connectivity index (χ0n) is 10.6. The summed E-state index contributed by atoms with van der Waals surface area (Å²) in [6.45, 7) is 4.29. The van der Waals surface area contributed by atoms with Gasteiger partial charge in [-0.2, -0.15) is 0 Å². The van der Waals surface area contributed by atoms with Crippen LogP contribution in [-0.4, -0.2) is 20.2 Å². The average molecular weight is 254 g/mol. The monoisotopic (exact) mass is 253 g/mol. The van der Waals surface area contributed by atoms with E-state index >= 15 is 0 Å². The van der Waals surface area contributed by atoms with Gasteiger partial charge in [0.15, 0.2) is 0 Å². The van der Waals surface area contributed by atoms with Crippen molar-refractivity contribution in [3.05, 3.63) is 28.3 Å². The highest BCUT2D eigenvalue weighted by molar-refractivity contribution is 6.31. The second-order valence-corrected chi connectivity index (χ2v) is 5.22. The van der Waals surface area contributed by atoms with Gasteiger partial charge in [0.25, 0.3) is 0 Å². The van der Waals surface area contributed by atoms with Crippen LogP contribution in [0.4, 0.5) is 0 Å². The molecule has 1 aliphatic heterocycles. The summed E-state index contributed by atoms with van der Waals surface area (Å²) in [5, 5.41) is 4.27. The van der Waals surface area contributed by atoms with E-state index < -0.39 is 0 Å². The number of methoxy groups -OCH3 is 1. The molecule has 0 spiro atoms. The Hall–Kier alpha value is -0.730. The van der Waals surface area contributed by atoms with Crippen LogP contribution in [0.15, 0.2) is 12.1 Å². The topological polar surface area (TPSA) is 21.3 Å². The molecule has 17 heavy (non-hydrogen) atoms. The molecule has 1 N–H and O–H groups in total.